The molecule has 0 radical (unpaired) electrons. The van der Waals surface area contributed by atoms with E-state index in [1.54, 1.807) is 6.08 Å². The molecule has 0 aromatic heterocycles. The number of allylic oxidation sites excluding steroid dienone is 9. The molecular weight excluding hydrogens is 1110 g/mol. The Kier molecular flexibility index (Phi) is 44.5. The van der Waals surface area contributed by atoms with Crippen LogP contribution in [0, 0.1) is 0 Å². The topological polar surface area (TPSA) is 307 Å². The molecule has 3 fully saturated rings. The van der Waals surface area contributed by atoms with Crippen molar-refractivity contribution in [2.75, 3.05) is 26.4 Å². The number of hydrogen-bond acceptors (Lipinski definition) is 18. The molecule has 3 heterocycles. The minimum absolute atomic E-state index is 0.225. The second kappa shape index (κ2) is 49.2. The molecule has 0 spiro atoms. The molecule has 17 atom stereocenters. The van der Waals surface area contributed by atoms with Crippen molar-refractivity contribution in [1.82, 2.24) is 5.32 Å². The van der Waals surface area contributed by atoms with Crippen LogP contribution in [0.1, 0.15) is 226 Å². The number of carbonyl (C=O) groups is 1. The Balaban J connectivity index is 1.49. The third kappa shape index (κ3) is 31.5. The van der Waals surface area contributed by atoms with Gasteiger partial charge in [-0.3, -0.25) is 4.79 Å². The Bertz CT molecular complexity index is 1800. The van der Waals surface area contributed by atoms with Gasteiger partial charge in [0, 0.05) is 6.42 Å². The van der Waals surface area contributed by atoms with Crippen molar-refractivity contribution in [3.8, 4) is 0 Å². The van der Waals surface area contributed by atoms with Crippen LogP contribution in [0.2, 0.25) is 0 Å². The van der Waals surface area contributed by atoms with Gasteiger partial charge in [0.2, 0.25) is 5.91 Å². The first-order valence-corrected chi connectivity index (χ1v) is 33.5. The number of aliphatic hydroxyl groups excluding tert-OH is 11. The van der Waals surface area contributed by atoms with Gasteiger partial charge in [0.15, 0.2) is 18.9 Å². The molecule has 1 amide bonds. The molecule has 3 aliphatic heterocycles. The van der Waals surface area contributed by atoms with Crippen LogP contribution in [0.5, 0.6) is 0 Å². The van der Waals surface area contributed by atoms with Crippen LogP contribution in [0.4, 0.5) is 0 Å². The molecule has 0 bridgehead atoms. The second-order valence-corrected chi connectivity index (χ2v) is 23.9. The highest BCUT2D eigenvalue weighted by Gasteiger charge is 2.53. The summed E-state index contributed by atoms with van der Waals surface area (Å²) in [6.07, 6.45) is 31.9. The molecule has 19 nitrogen and oxygen atoms in total. The molecule has 12 N–H and O–H groups in total. The fraction of sp³-hybridized carbons (Fsp3) is 0.836. The summed E-state index contributed by atoms with van der Waals surface area (Å²) in [5, 5.41) is 120. The number of rotatable bonds is 50. The van der Waals surface area contributed by atoms with Crippen molar-refractivity contribution in [3.63, 3.8) is 0 Å². The first kappa shape index (κ1) is 77.7. The van der Waals surface area contributed by atoms with Crippen molar-refractivity contribution < 1.29 is 89.4 Å². The molecule has 3 rings (SSSR count). The van der Waals surface area contributed by atoms with E-state index in [1.807, 2.05) is 6.08 Å². The lowest BCUT2D eigenvalue weighted by Crippen LogP contribution is -2.66. The third-order valence-electron chi connectivity index (χ3n) is 16.5. The van der Waals surface area contributed by atoms with Crippen LogP contribution in [0.3, 0.4) is 0 Å². The lowest BCUT2D eigenvalue weighted by Gasteiger charge is -2.48. The molecule has 3 aliphatic rings. The average Bonchev–Trinajstić information content (AvgIpc) is 2.80. The summed E-state index contributed by atoms with van der Waals surface area (Å²) in [6.45, 7) is 1.68. The summed E-state index contributed by atoms with van der Waals surface area (Å²) >= 11 is 0. The molecule has 0 aromatic carbocycles. The predicted molar refractivity (Wildman–Crippen MR) is 332 cm³/mol. The van der Waals surface area contributed by atoms with Gasteiger partial charge >= 0.3 is 0 Å². The Morgan fingerprint density at radius 1 is 0.419 bits per heavy atom. The normalized spacial score (nSPS) is 29.2. The fourth-order valence-corrected chi connectivity index (χ4v) is 11.0. The molecule has 0 saturated carbocycles. The van der Waals surface area contributed by atoms with E-state index < -0.39 is 124 Å². The van der Waals surface area contributed by atoms with E-state index in [0.717, 1.165) is 64.2 Å². The van der Waals surface area contributed by atoms with E-state index in [0.29, 0.717) is 12.8 Å². The monoisotopic (exact) mass is 1230 g/mol. The summed E-state index contributed by atoms with van der Waals surface area (Å²) in [7, 11) is 0. The number of unbranched alkanes of at least 4 members (excludes halogenated alkanes) is 26. The van der Waals surface area contributed by atoms with Gasteiger partial charge in [0.1, 0.15) is 73.2 Å². The van der Waals surface area contributed by atoms with E-state index in [9.17, 15) is 61.0 Å². The van der Waals surface area contributed by atoms with Gasteiger partial charge in [-0.2, -0.15) is 0 Å². The molecule has 86 heavy (non-hydrogen) atoms. The largest absolute Gasteiger partial charge is 0.394 e. The first-order chi connectivity index (χ1) is 41.8. The number of carbonyl (C=O) groups excluding carboxylic acids is 1. The lowest BCUT2D eigenvalue weighted by molar-refractivity contribution is -0.379. The standard InChI is InChI=1S/C67H119NO18/c1-3-5-7-9-11-13-15-17-19-21-23-24-25-27-28-30-32-34-36-38-40-42-44-51(72)50(68-55(73)45-43-41-39-37-35-33-31-29-26-22-20-18-16-14-12-10-8-6-4-2)49-81-65-61(79)58(76)63(53(47-70)83-65)86-67-62(80)59(77)64(54(48-71)84-67)85-66-60(78)57(75)56(74)52(46-69)82-66/h12,14,18,20,27-28,34,36,42,44,50-54,56-67,69-72,74-80H,3-11,13,15-17,19,21-26,29-33,35,37-41,43,45-49H2,1-2H3,(H,68,73)/b14-12-,20-18-,28-27+,36-34+,44-42+. The van der Waals surface area contributed by atoms with Crippen LogP contribution in [0.15, 0.2) is 60.8 Å². The number of hydrogen-bond donors (Lipinski definition) is 12. The maximum Gasteiger partial charge on any atom is 0.220 e. The Morgan fingerprint density at radius 3 is 1.26 bits per heavy atom. The van der Waals surface area contributed by atoms with Crippen molar-refractivity contribution in [2.45, 2.75) is 330 Å². The van der Waals surface area contributed by atoms with Crippen molar-refractivity contribution >= 4 is 5.91 Å². The SMILES string of the molecule is CCCCC/C=C\C/C=C\CCCCCCCCCCCC(=O)NC(COC1OC(CO)C(OC2OC(CO)C(OC3OC(CO)C(O)C(O)C3O)C(O)C2O)C(O)C1O)C(O)/C=C/CC/C=C/CC/C=C/CCCCCCCCCCCCCC. The Hall–Kier alpha value is -2.51. The molecular formula is C67H119NO18. The minimum Gasteiger partial charge on any atom is -0.394 e. The molecule has 19 heteroatoms. The van der Waals surface area contributed by atoms with Gasteiger partial charge in [-0.05, 0) is 77.0 Å². The second-order valence-electron chi connectivity index (χ2n) is 23.9. The van der Waals surface area contributed by atoms with Gasteiger partial charge in [0.05, 0.1) is 38.6 Å². The number of amides is 1. The highest BCUT2D eigenvalue weighted by atomic mass is 16.8. The third-order valence-corrected chi connectivity index (χ3v) is 16.5. The zero-order valence-electron chi connectivity index (χ0n) is 52.5. The van der Waals surface area contributed by atoms with E-state index in [4.69, 9.17) is 28.4 Å². The molecule has 3 saturated heterocycles. The van der Waals surface area contributed by atoms with Crippen molar-refractivity contribution in [2.24, 2.45) is 0 Å². The highest BCUT2D eigenvalue weighted by Crippen LogP contribution is 2.33. The van der Waals surface area contributed by atoms with Crippen LogP contribution in [-0.2, 0) is 33.2 Å². The number of aliphatic hydroxyl groups is 11. The zero-order chi connectivity index (χ0) is 62.6. The number of ether oxygens (including phenoxy) is 6. The van der Waals surface area contributed by atoms with Crippen LogP contribution in [-0.4, -0.2) is 193 Å². The summed E-state index contributed by atoms with van der Waals surface area (Å²) in [5.74, 6) is -0.295. The molecule has 0 aromatic rings. The van der Waals surface area contributed by atoms with Crippen LogP contribution in [0.25, 0.3) is 0 Å². The minimum atomic E-state index is -1.98. The van der Waals surface area contributed by atoms with E-state index >= 15 is 0 Å². The fourth-order valence-electron chi connectivity index (χ4n) is 11.0. The first-order valence-electron chi connectivity index (χ1n) is 33.5. The van der Waals surface area contributed by atoms with Gasteiger partial charge < -0.3 is 89.9 Å². The van der Waals surface area contributed by atoms with Crippen LogP contribution >= 0.6 is 0 Å². The zero-order valence-corrected chi connectivity index (χ0v) is 52.5. The Labute approximate surface area is 515 Å². The maximum absolute atomic E-state index is 13.4. The smallest absolute Gasteiger partial charge is 0.220 e. The van der Waals surface area contributed by atoms with Gasteiger partial charge in [-0.15, -0.1) is 0 Å². The average molecular weight is 1230 g/mol. The maximum atomic E-state index is 13.4. The quantitative estimate of drug-likeness (QED) is 0.0203. The summed E-state index contributed by atoms with van der Waals surface area (Å²) in [5.41, 5.74) is 0. The van der Waals surface area contributed by atoms with E-state index in [-0.39, 0.29) is 18.9 Å². The van der Waals surface area contributed by atoms with E-state index in [1.165, 1.54) is 128 Å². The van der Waals surface area contributed by atoms with Crippen LogP contribution < -0.4 is 5.32 Å². The summed E-state index contributed by atoms with van der Waals surface area (Å²) < 4.78 is 34.3. The lowest BCUT2D eigenvalue weighted by atomic mass is 9.96. The van der Waals surface area contributed by atoms with E-state index in [2.05, 4.69) is 67.8 Å². The molecule has 500 valence electrons. The number of nitrogens with one attached hydrogen (secondary N) is 1. The summed E-state index contributed by atoms with van der Waals surface area (Å²) in [4.78, 5) is 13.4. The van der Waals surface area contributed by atoms with Crippen molar-refractivity contribution in [3.05, 3.63) is 60.8 Å². The van der Waals surface area contributed by atoms with Crippen molar-refractivity contribution in [1.29, 1.82) is 0 Å². The molecule has 17 unspecified atom stereocenters. The Morgan fingerprint density at radius 2 is 0.779 bits per heavy atom. The predicted octanol–water partition coefficient (Wildman–Crippen LogP) is 7.99. The summed E-state index contributed by atoms with van der Waals surface area (Å²) in [6, 6.07) is -1.00. The highest BCUT2D eigenvalue weighted by molar-refractivity contribution is 5.76. The van der Waals surface area contributed by atoms with Gasteiger partial charge in [-0.1, -0.05) is 203 Å². The van der Waals surface area contributed by atoms with Gasteiger partial charge in [0.25, 0.3) is 0 Å². The van der Waals surface area contributed by atoms with Gasteiger partial charge in [-0.25, -0.2) is 0 Å². The molecule has 0 aliphatic carbocycles.